The van der Waals surface area contributed by atoms with E-state index in [9.17, 15) is 9.59 Å². The van der Waals surface area contributed by atoms with Crippen molar-refractivity contribution in [2.24, 2.45) is 7.05 Å². The second kappa shape index (κ2) is 8.38. The number of hydrogen-bond acceptors (Lipinski definition) is 5. The molecule has 3 rings (SSSR count). The van der Waals surface area contributed by atoms with E-state index >= 15 is 0 Å². The summed E-state index contributed by atoms with van der Waals surface area (Å²) in [4.78, 5) is 25.3. The SMILES string of the molecule is Cn1nc(CC(=O)OCCSc2ccc(Cl)cc2)c2ccccc2c1=O. The largest absolute Gasteiger partial charge is 0.464 e. The van der Waals surface area contributed by atoms with Crippen LogP contribution in [0.25, 0.3) is 10.8 Å². The fraction of sp³-hybridized carbons (Fsp3) is 0.211. The van der Waals surface area contributed by atoms with Crippen molar-refractivity contribution in [3.63, 3.8) is 0 Å². The van der Waals surface area contributed by atoms with Crippen molar-refractivity contribution in [2.45, 2.75) is 11.3 Å². The minimum absolute atomic E-state index is 0.0280. The van der Waals surface area contributed by atoms with Crippen LogP contribution in [0.5, 0.6) is 0 Å². The summed E-state index contributed by atoms with van der Waals surface area (Å²) >= 11 is 7.44. The van der Waals surface area contributed by atoms with E-state index in [0.717, 1.165) is 4.90 Å². The van der Waals surface area contributed by atoms with E-state index in [2.05, 4.69) is 5.10 Å². The van der Waals surface area contributed by atoms with Gasteiger partial charge in [-0.3, -0.25) is 9.59 Å². The van der Waals surface area contributed by atoms with E-state index in [1.807, 2.05) is 30.3 Å². The number of aromatic nitrogens is 2. The van der Waals surface area contributed by atoms with Crippen LogP contribution in [0.2, 0.25) is 5.02 Å². The fourth-order valence-electron chi connectivity index (χ4n) is 2.54. The summed E-state index contributed by atoms with van der Waals surface area (Å²) < 4.78 is 6.55. The molecule has 1 aromatic heterocycles. The number of rotatable bonds is 6. The molecule has 0 N–H and O–H groups in total. The molecule has 0 radical (unpaired) electrons. The topological polar surface area (TPSA) is 61.2 Å². The van der Waals surface area contributed by atoms with Gasteiger partial charge in [-0.25, -0.2) is 4.68 Å². The molecule has 0 unspecified atom stereocenters. The van der Waals surface area contributed by atoms with Crippen molar-refractivity contribution in [3.8, 4) is 0 Å². The molecular weight excluding hydrogens is 372 g/mol. The van der Waals surface area contributed by atoms with Gasteiger partial charge in [-0.15, -0.1) is 11.8 Å². The minimum Gasteiger partial charge on any atom is -0.464 e. The molecule has 5 nitrogen and oxygen atoms in total. The van der Waals surface area contributed by atoms with Gasteiger partial charge in [0.1, 0.15) is 6.61 Å². The van der Waals surface area contributed by atoms with Crippen LogP contribution in [0.1, 0.15) is 5.69 Å². The van der Waals surface area contributed by atoms with E-state index < -0.39 is 0 Å². The van der Waals surface area contributed by atoms with Gasteiger partial charge in [-0.1, -0.05) is 29.8 Å². The molecule has 0 aliphatic rings. The Kier molecular flexibility index (Phi) is 5.96. The normalized spacial score (nSPS) is 10.8. The molecule has 0 aliphatic heterocycles. The maximum Gasteiger partial charge on any atom is 0.311 e. The maximum absolute atomic E-state index is 12.1. The van der Waals surface area contributed by atoms with Gasteiger partial charge in [0.25, 0.3) is 5.56 Å². The average Bonchev–Trinajstić information content (AvgIpc) is 2.64. The van der Waals surface area contributed by atoms with E-state index in [1.54, 1.807) is 37.0 Å². The fourth-order valence-corrected chi connectivity index (χ4v) is 3.40. The highest BCUT2D eigenvalue weighted by molar-refractivity contribution is 7.99. The maximum atomic E-state index is 12.1. The first-order valence-electron chi connectivity index (χ1n) is 8.03. The van der Waals surface area contributed by atoms with Crippen LogP contribution < -0.4 is 5.56 Å². The number of aryl methyl sites for hydroxylation is 1. The highest BCUT2D eigenvalue weighted by Gasteiger charge is 2.13. The number of halogens is 1. The standard InChI is InChI=1S/C19H17ClN2O3S/c1-22-19(24)16-5-3-2-4-15(16)17(21-22)12-18(23)25-10-11-26-14-8-6-13(20)7-9-14/h2-9H,10-12H2,1H3. The lowest BCUT2D eigenvalue weighted by Crippen LogP contribution is -2.23. The number of carbonyl (C=O) groups excluding carboxylic acids is 1. The van der Waals surface area contributed by atoms with Crippen molar-refractivity contribution >= 4 is 40.1 Å². The number of nitrogens with zero attached hydrogens (tertiary/aromatic N) is 2. The summed E-state index contributed by atoms with van der Waals surface area (Å²) in [6.45, 7) is 0.301. The molecule has 0 saturated carbocycles. The summed E-state index contributed by atoms with van der Waals surface area (Å²) in [5.74, 6) is 0.285. The molecule has 0 fully saturated rings. The number of carbonyl (C=O) groups is 1. The number of ether oxygens (including phenoxy) is 1. The van der Waals surface area contributed by atoms with Crippen molar-refractivity contribution in [2.75, 3.05) is 12.4 Å². The molecule has 0 bridgehead atoms. The molecule has 2 aromatic carbocycles. The molecular formula is C19H17ClN2O3S. The highest BCUT2D eigenvalue weighted by atomic mass is 35.5. The van der Waals surface area contributed by atoms with Crippen molar-refractivity contribution in [1.82, 2.24) is 9.78 Å². The molecule has 0 amide bonds. The molecule has 0 aliphatic carbocycles. The first-order chi connectivity index (χ1) is 12.5. The van der Waals surface area contributed by atoms with Gasteiger partial charge in [0, 0.05) is 28.1 Å². The number of esters is 1. The summed E-state index contributed by atoms with van der Waals surface area (Å²) in [5.41, 5.74) is 0.357. The summed E-state index contributed by atoms with van der Waals surface area (Å²) in [7, 11) is 1.58. The van der Waals surface area contributed by atoms with Gasteiger partial charge in [-0.05, 0) is 30.3 Å². The Balaban J connectivity index is 1.58. The third-order valence-electron chi connectivity index (χ3n) is 3.77. The van der Waals surface area contributed by atoms with Gasteiger partial charge < -0.3 is 4.74 Å². The van der Waals surface area contributed by atoms with Crippen LogP contribution in [0.15, 0.2) is 58.2 Å². The first-order valence-corrected chi connectivity index (χ1v) is 9.40. The lowest BCUT2D eigenvalue weighted by molar-refractivity contribution is -0.142. The molecule has 1 heterocycles. The quantitative estimate of drug-likeness (QED) is 0.367. The van der Waals surface area contributed by atoms with Crippen LogP contribution in [0, 0.1) is 0 Å². The second-order valence-electron chi connectivity index (χ2n) is 5.62. The van der Waals surface area contributed by atoms with Gasteiger partial charge in [0.05, 0.1) is 17.5 Å². The van der Waals surface area contributed by atoms with Crippen LogP contribution in [0.4, 0.5) is 0 Å². The summed E-state index contributed by atoms with van der Waals surface area (Å²) in [6, 6.07) is 14.6. The number of thioether (sulfide) groups is 1. The van der Waals surface area contributed by atoms with Crippen molar-refractivity contribution < 1.29 is 9.53 Å². The Morgan fingerprint density at radius 2 is 1.85 bits per heavy atom. The number of hydrogen-bond donors (Lipinski definition) is 0. The van der Waals surface area contributed by atoms with E-state index in [-0.39, 0.29) is 17.9 Å². The van der Waals surface area contributed by atoms with Crippen molar-refractivity contribution in [3.05, 3.63) is 69.6 Å². The average molecular weight is 389 g/mol. The lowest BCUT2D eigenvalue weighted by Gasteiger charge is -2.08. The van der Waals surface area contributed by atoms with Gasteiger partial charge >= 0.3 is 5.97 Å². The second-order valence-corrected chi connectivity index (χ2v) is 7.23. The van der Waals surface area contributed by atoms with Gasteiger partial charge in [0.2, 0.25) is 0 Å². The Morgan fingerprint density at radius 1 is 1.15 bits per heavy atom. The van der Waals surface area contributed by atoms with Crippen LogP contribution in [-0.4, -0.2) is 28.1 Å². The van der Waals surface area contributed by atoms with Crippen LogP contribution in [-0.2, 0) is 23.0 Å². The van der Waals surface area contributed by atoms with Crippen LogP contribution >= 0.6 is 23.4 Å². The Morgan fingerprint density at radius 3 is 2.58 bits per heavy atom. The molecule has 3 aromatic rings. The monoisotopic (exact) mass is 388 g/mol. The predicted octanol–water partition coefficient (Wildman–Crippen LogP) is 3.46. The zero-order valence-corrected chi connectivity index (χ0v) is 15.7. The zero-order valence-electron chi connectivity index (χ0n) is 14.1. The zero-order chi connectivity index (χ0) is 18.5. The third-order valence-corrected chi connectivity index (χ3v) is 5.00. The molecule has 0 atom stereocenters. The molecule has 0 saturated heterocycles. The molecule has 26 heavy (non-hydrogen) atoms. The number of fused-ring (bicyclic) bond motifs is 1. The minimum atomic E-state index is -0.363. The smallest absolute Gasteiger partial charge is 0.311 e. The van der Waals surface area contributed by atoms with E-state index in [1.165, 1.54) is 4.68 Å². The number of benzene rings is 2. The molecule has 7 heteroatoms. The highest BCUT2D eigenvalue weighted by Crippen LogP contribution is 2.20. The third kappa shape index (κ3) is 4.45. The van der Waals surface area contributed by atoms with Gasteiger partial charge in [0.15, 0.2) is 0 Å². The summed E-state index contributed by atoms with van der Waals surface area (Å²) in [5, 5.41) is 6.13. The van der Waals surface area contributed by atoms with E-state index in [0.29, 0.717) is 33.8 Å². The molecule has 0 spiro atoms. The summed E-state index contributed by atoms with van der Waals surface area (Å²) in [6.07, 6.45) is 0.0280. The van der Waals surface area contributed by atoms with Crippen molar-refractivity contribution in [1.29, 1.82) is 0 Å². The Bertz CT molecular complexity index is 986. The van der Waals surface area contributed by atoms with Crippen LogP contribution in [0.3, 0.4) is 0 Å². The predicted molar refractivity (Wildman–Crippen MR) is 104 cm³/mol. The Hall–Kier alpha value is -2.31. The van der Waals surface area contributed by atoms with E-state index in [4.69, 9.17) is 16.3 Å². The Labute approximate surface area is 159 Å². The van der Waals surface area contributed by atoms with Gasteiger partial charge in [-0.2, -0.15) is 5.10 Å². The first kappa shape index (κ1) is 18.5. The lowest BCUT2D eigenvalue weighted by atomic mass is 10.1. The molecule has 134 valence electrons.